The van der Waals surface area contributed by atoms with Crippen molar-refractivity contribution < 1.29 is 19.4 Å². The van der Waals surface area contributed by atoms with Gasteiger partial charge in [0.25, 0.3) is 5.91 Å². The number of carboxylic acids is 1. The zero-order valence-corrected chi connectivity index (χ0v) is 13.5. The van der Waals surface area contributed by atoms with E-state index in [-0.39, 0.29) is 27.3 Å². The molecule has 0 spiro atoms. The zero-order chi connectivity index (χ0) is 16.2. The number of amides is 1. The summed E-state index contributed by atoms with van der Waals surface area (Å²) in [5.74, 6) is -1.56. The second-order valence-electron chi connectivity index (χ2n) is 4.65. The lowest BCUT2D eigenvalue weighted by molar-refractivity contribution is -0.140. The van der Waals surface area contributed by atoms with Crippen molar-refractivity contribution in [3.63, 3.8) is 0 Å². The summed E-state index contributed by atoms with van der Waals surface area (Å²) in [7, 11) is 1.41. The number of carbonyl (C=O) groups excluding carboxylic acids is 1. The van der Waals surface area contributed by atoms with Crippen LogP contribution in [0.3, 0.4) is 0 Å². The van der Waals surface area contributed by atoms with Gasteiger partial charge >= 0.3 is 5.97 Å². The van der Waals surface area contributed by atoms with Gasteiger partial charge in [-0.25, -0.2) is 4.79 Å². The number of methoxy groups -OCH3 is 1. The maximum absolute atomic E-state index is 12.2. The first kappa shape index (κ1) is 17.6. The van der Waals surface area contributed by atoms with Crippen molar-refractivity contribution in [1.82, 2.24) is 5.32 Å². The maximum Gasteiger partial charge on any atom is 0.326 e. The highest BCUT2D eigenvalue weighted by molar-refractivity contribution is 6.37. The Hall–Kier alpha value is -1.46. The fourth-order valence-electron chi connectivity index (χ4n) is 1.79. The SMILES string of the molecule is CCC(C)C(NC(=O)c1cc(Cl)c(OC)c(Cl)c1)C(=O)O. The fourth-order valence-corrected chi connectivity index (χ4v) is 2.44. The molecule has 1 amide bonds. The Balaban J connectivity index is 3.01. The molecule has 2 atom stereocenters. The first-order valence-corrected chi connectivity index (χ1v) is 7.14. The van der Waals surface area contributed by atoms with E-state index in [2.05, 4.69) is 5.32 Å². The van der Waals surface area contributed by atoms with E-state index in [0.29, 0.717) is 6.42 Å². The quantitative estimate of drug-likeness (QED) is 0.837. The molecule has 2 unspecified atom stereocenters. The summed E-state index contributed by atoms with van der Waals surface area (Å²) in [6, 6.07) is 1.80. The van der Waals surface area contributed by atoms with E-state index in [0.717, 1.165) is 0 Å². The van der Waals surface area contributed by atoms with Crippen LogP contribution in [0.5, 0.6) is 5.75 Å². The van der Waals surface area contributed by atoms with Crippen LogP contribution in [-0.4, -0.2) is 30.1 Å². The van der Waals surface area contributed by atoms with Crippen LogP contribution >= 0.6 is 23.2 Å². The molecule has 21 heavy (non-hydrogen) atoms. The summed E-state index contributed by atoms with van der Waals surface area (Å²) >= 11 is 11.9. The molecule has 2 N–H and O–H groups in total. The highest BCUT2D eigenvalue weighted by atomic mass is 35.5. The van der Waals surface area contributed by atoms with Crippen molar-refractivity contribution in [2.75, 3.05) is 7.11 Å². The van der Waals surface area contributed by atoms with Crippen LogP contribution in [0.2, 0.25) is 10.0 Å². The molecule has 0 aliphatic carbocycles. The summed E-state index contributed by atoms with van der Waals surface area (Å²) in [5, 5.41) is 12.0. The largest absolute Gasteiger partial charge is 0.494 e. The highest BCUT2D eigenvalue weighted by Gasteiger charge is 2.26. The van der Waals surface area contributed by atoms with Crippen molar-refractivity contribution in [1.29, 1.82) is 0 Å². The first-order valence-electron chi connectivity index (χ1n) is 6.38. The van der Waals surface area contributed by atoms with E-state index in [1.165, 1.54) is 19.2 Å². The zero-order valence-electron chi connectivity index (χ0n) is 11.9. The predicted octanol–water partition coefficient (Wildman–Crippen LogP) is 3.23. The number of carbonyl (C=O) groups is 2. The second-order valence-corrected chi connectivity index (χ2v) is 5.46. The Bertz CT molecular complexity index is 525. The third-order valence-electron chi connectivity index (χ3n) is 3.23. The van der Waals surface area contributed by atoms with Gasteiger partial charge in [-0.1, -0.05) is 43.5 Å². The summed E-state index contributed by atoms with van der Waals surface area (Å²) in [6.45, 7) is 3.61. The van der Waals surface area contributed by atoms with E-state index in [1.807, 2.05) is 6.92 Å². The molecule has 0 fully saturated rings. The minimum atomic E-state index is -1.08. The molecule has 1 aromatic rings. The number of aliphatic carboxylic acids is 1. The Labute approximate surface area is 133 Å². The molecule has 0 bridgehead atoms. The van der Waals surface area contributed by atoms with Gasteiger partial charge in [-0.15, -0.1) is 0 Å². The molecule has 5 nitrogen and oxygen atoms in total. The summed E-state index contributed by atoms with van der Waals surface area (Å²) in [5.41, 5.74) is 0.181. The average molecular weight is 334 g/mol. The summed E-state index contributed by atoms with van der Waals surface area (Å²) in [6.07, 6.45) is 0.626. The van der Waals surface area contributed by atoms with Crippen LogP contribution in [0, 0.1) is 5.92 Å². The number of benzene rings is 1. The van der Waals surface area contributed by atoms with Crippen molar-refractivity contribution in [2.24, 2.45) is 5.92 Å². The molecule has 0 heterocycles. The van der Waals surface area contributed by atoms with Crippen LogP contribution < -0.4 is 10.1 Å². The van der Waals surface area contributed by atoms with Gasteiger partial charge in [0.15, 0.2) is 5.75 Å². The van der Waals surface area contributed by atoms with Crippen molar-refractivity contribution >= 4 is 35.1 Å². The number of carboxylic acid groups (broad SMARTS) is 1. The van der Waals surface area contributed by atoms with Gasteiger partial charge in [-0.05, 0) is 18.1 Å². The van der Waals surface area contributed by atoms with E-state index in [9.17, 15) is 14.7 Å². The molecular formula is C14H17Cl2NO4. The van der Waals surface area contributed by atoms with Gasteiger partial charge in [-0.2, -0.15) is 0 Å². The van der Waals surface area contributed by atoms with Crippen molar-refractivity contribution in [3.8, 4) is 5.75 Å². The van der Waals surface area contributed by atoms with Gasteiger partial charge in [0.2, 0.25) is 0 Å². The third kappa shape index (κ3) is 4.25. The van der Waals surface area contributed by atoms with Gasteiger partial charge in [-0.3, -0.25) is 4.79 Å². The lowest BCUT2D eigenvalue weighted by Crippen LogP contribution is -2.45. The van der Waals surface area contributed by atoms with Crippen molar-refractivity contribution in [3.05, 3.63) is 27.7 Å². The van der Waals surface area contributed by atoms with Gasteiger partial charge in [0.1, 0.15) is 6.04 Å². The molecule has 0 saturated heterocycles. The Morgan fingerprint density at radius 1 is 1.33 bits per heavy atom. The predicted molar refractivity (Wildman–Crippen MR) is 81.4 cm³/mol. The lowest BCUT2D eigenvalue weighted by atomic mass is 9.99. The standard InChI is InChI=1S/C14H17Cl2NO4/c1-4-7(2)11(14(19)20)17-13(18)8-5-9(15)12(21-3)10(16)6-8/h5-7,11H,4H2,1-3H3,(H,17,18)(H,19,20). The topological polar surface area (TPSA) is 75.6 Å². The molecule has 0 aliphatic heterocycles. The van der Waals surface area contributed by atoms with E-state index in [1.54, 1.807) is 6.92 Å². The van der Waals surface area contributed by atoms with Crippen molar-refractivity contribution in [2.45, 2.75) is 26.3 Å². The number of halogens is 2. The monoisotopic (exact) mass is 333 g/mol. The molecule has 1 aromatic carbocycles. The second kappa shape index (κ2) is 7.52. The van der Waals surface area contributed by atoms with Crippen LogP contribution in [0.15, 0.2) is 12.1 Å². The van der Waals surface area contributed by atoms with Crippen LogP contribution in [-0.2, 0) is 4.79 Å². The lowest BCUT2D eigenvalue weighted by Gasteiger charge is -2.20. The average Bonchev–Trinajstić information content (AvgIpc) is 2.42. The van der Waals surface area contributed by atoms with Gasteiger partial charge < -0.3 is 15.2 Å². The van der Waals surface area contributed by atoms with Gasteiger partial charge in [0.05, 0.1) is 17.2 Å². The number of rotatable bonds is 6. The molecule has 0 aliphatic rings. The molecule has 0 saturated carbocycles. The Kier molecular flexibility index (Phi) is 6.30. The molecular weight excluding hydrogens is 317 g/mol. The Morgan fingerprint density at radius 3 is 2.24 bits per heavy atom. The minimum Gasteiger partial charge on any atom is -0.494 e. The minimum absolute atomic E-state index is 0.181. The van der Waals surface area contributed by atoms with Gasteiger partial charge in [0, 0.05) is 5.56 Å². The normalized spacial score (nSPS) is 13.4. The molecule has 1 rings (SSSR count). The number of ether oxygens (including phenoxy) is 1. The molecule has 0 aromatic heterocycles. The van der Waals surface area contributed by atoms with Crippen LogP contribution in [0.4, 0.5) is 0 Å². The molecule has 0 radical (unpaired) electrons. The van der Waals surface area contributed by atoms with E-state index < -0.39 is 17.9 Å². The number of nitrogens with one attached hydrogen (secondary N) is 1. The number of hydrogen-bond acceptors (Lipinski definition) is 3. The fraction of sp³-hybridized carbons (Fsp3) is 0.429. The van der Waals surface area contributed by atoms with E-state index >= 15 is 0 Å². The first-order chi connectivity index (χ1) is 9.81. The molecule has 7 heteroatoms. The van der Waals surface area contributed by atoms with Crippen LogP contribution in [0.1, 0.15) is 30.6 Å². The summed E-state index contributed by atoms with van der Waals surface area (Å²) in [4.78, 5) is 23.4. The number of hydrogen-bond donors (Lipinski definition) is 2. The van der Waals surface area contributed by atoms with E-state index in [4.69, 9.17) is 27.9 Å². The van der Waals surface area contributed by atoms with Crippen LogP contribution in [0.25, 0.3) is 0 Å². The maximum atomic E-state index is 12.2. The Morgan fingerprint density at radius 2 is 1.86 bits per heavy atom. The smallest absolute Gasteiger partial charge is 0.326 e. The highest BCUT2D eigenvalue weighted by Crippen LogP contribution is 2.33. The summed E-state index contributed by atoms with van der Waals surface area (Å²) < 4.78 is 5.00. The third-order valence-corrected chi connectivity index (χ3v) is 3.79. The molecule has 116 valence electrons.